The average molecular weight is 272 g/mol. The molecule has 1 atom stereocenters. The normalized spacial score (nSPS) is 12.1. The van der Waals surface area contributed by atoms with Crippen molar-refractivity contribution >= 4 is 11.6 Å². The molecule has 0 aliphatic heterocycles. The van der Waals surface area contributed by atoms with Gasteiger partial charge in [-0.1, -0.05) is 12.1 Å². The van der Waals surface area contributed by atoms with Crippen LogP contribution in [0, 0.1) is 0 Å². The summed E-state index contributed by atoms with van der Waals surface area (Å²) in [7, 11) is 0. The van der Waals surface area contributed by atoms with Crippen molar-refractivity contribution in [3.63, 3.8) is 0 Å². The number of anilines is 1. The molecule has 0 aliphatic carbocycles. The molecule has 0 radical (unpaired) electrons. The lowest BCUT2D eigenvalue weighted by molar-refractivity contribution is -0.122. The van der Waals surface area contributed by atoms with Crippen molar-refractivity contribution in [2.75, 3.05) is 12.3 Å². The van der Waals surface area contributed by atoms with E-state index in [1.165, 1.54) is 0 Å². The molecule has 0 saturated carbocycles. The molecule has 0 bridgehead atoms. The standard InChI is InChI=1S/C15H20N4O/c1-12(13-5-2-6-14(16)11-13)15(20)17-7-3-9-19-10-4-8-18-19/h2,4-6,8,10-12H,3,7,9,16H2,1H3,(H,17,20). The van der Waals surface area contributed by atoms with Crippen molar-refractivity contribution in [1.29, 1.82) is 0 Å². The second-order valence-electron chi connectivity index (χ2n) is 4.81. The molecule has 2 aromatic rings. The Balaban J connectivity index is 1.76. The first-order chi connectivity index (χ1) is 9.66. The van der Waals surface area contributed by atoms with Gasteiger partial charge in [0.2, 0.25) is 5.91 Å². The van der Waals surface area contributed by atoms with Gasteiger partial charge in [0, 0.05) is 31.2 Å². The first-order valence-corrected chi connectivity index (χ1v) is 6.77. The summed E-state index contributed by atoms with van der Waals surface area (Å²) in [6.45, 7) is 3.34. The molecule has 106 valence electrons. The van der Waals surface area contributed by atoms with E-state index in [-0.39, 0.29) is 11.8 Å². The number of carbonyl (C=O) groups is 1. The van der Waals surface area contributed by atoms with E-state index in [1.54, 1.807) is 6.20 Å². The van der Waals surface area contributed by atoms with Gasteiger partial charge in [-0.15, -0.1) is 0 Å². The molecule has 1 aromatic carbocycles. The largest absolute Gasteiger partial charge is 0.399 e. The molecule has 0 saturated heterocycles. The SMILES string of the molecule is CC(C(=O)NCCCn1cccn1)c1cccc(N)c1. The lowest BCUT2D eigenvalue weighted by Crippen LogP contribution is -2.29. The third-order valence-corrected chi connectivity index (χ3v) is 3.23. The number of hydrogen-bond acceptors (Lipinski definition) is 3. The van der Waals surface area contributed by atoms with Crippen molar-refractivity contribution in [2.24, 2.45) is 0 Å². The lowest BCUT2D eigenvalue weighted by Gasteiger charge is -2.13. The Bertz CT molecular complexity index is 551. The van der Waals surface area contributed by atoms with Gasteiger partial charge in [-0.2, -0.15) is 5.10 Å². The van der Waals surface area contributed by atoms with Gasteiger partial charge in [-0.3, -0.25) is 9.48 Å². The maximum absolute atomic E-state index is 12.0. The summed E-state index contributed by atoms with van der Waals surface area (Å²) in [5.74, 6) is -0.167. The highest BCUT2D eigenvalue weighted by Crippen LogP contribution is 2.17. The zero-order chi connectivity index (χ0) is 14.4. The number of amides is 1. The van der Waals surface area contributed by atoms with E-state index in [1.807, 2.05) is 48.1 Å². The number of rotatable bonds is 6. The van der Waals surface area contributed by atoms with Crippen LogP contribution in [0.4, 0.5) is 5.69 Å². The Morgan fingerprint density at radius 3 is 3.00 bits per heavy atom. The van der Waals surface area contributed by atoms with E-state index in [0.717, 1.165) is 18.5 Å². The molecule has 0 fully saturated rings. The van der Waals surface area contributed by atoms with Crippen LogP contribution in [0.15, 0.2) is 42.7 Å². The van der Waals surface area contributed by atoms with Crippen molar-refractivity contribution in [3.8, 4) is 0 Å². The van der Waals surface area contributed by atoms with E-state index < -0.39 is 0 Å². The molecular weight excluding hydrogens is 252 g/mol. The topological polar surface area (TPSA) is 72.9 Å². The summed E-state index contributed by atoms with van der Waals surface area (Å²) in [6, 6.07) is 9.34. The van der Waals surface area contributed by atoms with Crippen LogP contribution in [0.5, 0.6) is 0 Å². The van der Waals surface area contributed by atoms with Gasteiger partial charge in [-0.25, -0.2) is 0 Å². The van der Waals surface area contributed by atoms with Crippen LogP contribution in [-0.4, -0.2) is 22.2 Å². The molecule has 20 heavy (non-hydrogen) atoms. The van der Waals surface area contributed by atoms with Crippen LogP contribution >= 0.6 is 0 Å². The van der Waals surface area contributed by atoms with E-state index >= 15 is 0 Å². The number of aromatic nitrogens is 2. The van der Waals surface area contributed by atoms with Crippen molar-refractivity contribution in [3.05, 3.63) is 48.3 Å². The zero-order valence-electron chi connectivity index (χ0n) is 11.6. The highest BCUT2D eigenvalue weighted by molar-refractivity contribution is 5.83. The Morgan fingerprint density at radius 1 is 1.45 bits per heavy atom. The Hall–Kier alpha value is -2.30. The molecular formula is C15H20N4O. The molecule has 5 heteroatoms. The number of nitrogens with zero attached hydrogens (tertiary/aromatic N) is 2. The fraction of sp³-hybridized carbons (Fsp3) is 0.333. The number of carbonyl (C=O) groups excluding carboxylic acids is 1. The quantitative estimate of drug-likeness (QED) is 0.622. The molecule has 1 amide bonds. The Morgan fingerprint density at radius 2 is 2.30 bits per heavy atom. The number of nitrogens with two attached hydrogens (primary N) is 1. The van der Waals surface area contributed by atoms with Crippen molar-refractivity contribution in [2.45, 2.75) is 25.8 Å². The predicted octanol–water partition coefficient (Wildman–Crippen LogP) is 1.78. The second kappa shape index (κ2) is 6.75. The van der Waals surface area contributed by atoms with Crippen LogP contribution in [0.25, 0.3) is 0 Å². The molecule has 1 unspecified atom stereocenters. The highest BCUT2D eigenvalue weighted by atomic mass is 16.1. The van der Waals surface area contributed by atoms with Crippen LogP contribution in [0.3, 0.4) is 0 Å². The highest BCUT2D eigenvalue weighted by Gasteiger charge is 2.14. The van der Waals surface area contributed by atoms with Crippen molar-refractivity contribution < 1.29 is 4.79 Å². The van der Waals surface area contributed by atoms with Gasteiger partial charge in [0.15, 0.2) is 0 Å². The number of benzene rings is 1. The van der Waals surface area contributed by atoms with Gasteiger partial charge in [0.05, 0.1) is 5.92 Å². The monoisotopic (exact) mass is 272 g/mol. The first kappa shape index (κ1) is 14.1. The minimum Gasteiger partial charge on any atom is -0.399 e. The number of nitrogens with one attached hydrogen (secondary N) is 1. The summed E-state index contributed by atoms with van der Waals surface area (Å²) >= 11 is 0. The summed E-state index contributed by atoms with van der Waals surface area (Å²) in [5.41, 5.74) is 7.35. The van der Waals surface area contributed by atoms with E-state index in [9.17, 15) is 4.79 Å². The number of aryl methyl sites for hydroxylation is 1. The molecule has 0 aliphatic rings. The minimum absolute atomic E-state index is 0.0241. The van der Waals surface area contributed by atoms with Gasteiger partial charge in [-0.05, 0) is 37.1 Å². The molecule has 2 rings (SSSR count). The van der Waals surface area contributed by atoms with Crippen LogP contribution < -0.4 is 11.1 Å². The molecule has 3 N–H and O–H groups in total. The van der Waals surface area contributed by atoms with Gasteiger partial charge in [0.25, 0.3) is 0 Å². The predicted molar refractivity (Wildman–Crippen MR) is 79.1 cm³/mol. The summed E-state index contributed by atoms with van der Waals surface area (Å²) in [4.78, 5) is 12.0. The van der Waals surface area contributed by atoms with E-state index in [4.69, 9.17) is 5.73 Å². The summed E-state index contributed by atoms with van der Waals surface area (Å²) in [6.07, 6.45) is 4.52. The van der Waals surface area contributed by atoms with Gasteiger partial charge >= 0.3 is 0 Å². The third-order valence-electron chi connectivity index (χ3n) is 3.23. The molecule has 1 heterocycles. The maximum Gasteiger partial charge on any atom is 0.227 e. The lowest BCUT2D eigenvalue weighted by atomic mass is 10.00. The third kappa shape index (κ3) is 3.85. The van der Waals surface area contributed by atoms with Gasteiger partial charge < -0.3 is 11.1 Å². The van der Waals surface area contributed by atoms with Crippen LogP contribution in [0.2, 0.25) is 0 Å². The maximum atomic E-state index is 12.0. The Labute approximate surface area is 118 Å². The van der Waals surface area contributed by atoms with E-state index in [2.05, 4.69) is 10.4 Å². The average Bonchev–Trinajstić information content (AvgIpc) is 2.95. The number of nitrogen functional groups attached to an aromatic ring is 1. The molecule has 0 spiro atoms. The fourth-order valence-electron chi connectivity index (χ4n) is 2.02. The molecule has 1 aromatic heterocycles. The summed E-state index contributed by atoms with van der Waals surface area (Å²) in [5, 5.41) is 7.06. The zero-order valence-corrected chi connectivity index (χ0v) is 11.6. The molecule has 5 nitrogen and oxygen atoms in total. The van der Waals surface area contributed by atoms with Gasteiger partial charge in [0.1, 0.15) is 0 Å². The number of hydrogen-bond donors (Lipinski definition) is 2. The Kier molecular flexibility index (Phi) is 4.76. The van der Waals surface area contributed by atoms with E-state index in [0.29, 0.717) is 12.2 Å². The first-order valence-electron chi connectivity index (χ1n) is 6.77. The smallest absolute Gasteiger partial charge is 0.227 e. The summed E-state index contributed by atoms with van der Waals surface area (Å²) < 4.78 is 1.85. The fourth-order valence-corrected chi connectivity index (χ4v) is 2.02. The second-order valence-corrected chi connectivity index (χ2v) is 4.81. The van der Waals surface area contributed by atoms with Crippen LogP contribution in [-0.2, 0) is 11.3 Å². The van der Waals surface area contributed by atoms with Crippen LogP contribution in [0.1, 0.15) is 24.8 Å². The minimum atomic E-state index is -0.191. The van der Waals surface area contributed by atoms with Crippen molar-refractivity contribution in [1.82, 2.24) is 15.1 Å².